The molecular formula is C16H18ClNO. The van der Waals surface area contributed by atoms with Crippen molar-refractivity contribution in [2.75, 3.05) is 5.32 Å². The minimum absolute atomic E-state index is 0.103. The Balaban J connectivity index is 2.20. The highest BCUT2D eigenvalue weighted by Crippen LogP contribution is 2.28. The third kappa shape index (κ3) is 3.42. The van der Waals surface area contributed by atoms with E-state index < -0.39 is 0 Å². The summed E-state index contributed by atoms with van der Waals surface area (Å²) in [5.41, 5.74) is 4.65. The van der Waals surface area contributed by atoms with Gasteiger partial charge in [0.15, 0.2) is 0 Å². The highest BCUT2D eigenvalue weighted by atomic mass is 35.5. The van der Waals surface area contributed by atoms with Gasteiger partial charge in [-0.05, 0) is 44.5 Å². The Kier molecular flexibility index (Phi) is 4.01. The zero-order valence-electron chi connectivity index (χ0n) is 11.4. The van der Waals surface area contributed by atoms with Crippen LogP contribution in [0.25, 0.3) is 0 Å². The smallest absolute Gasteiger partial charge is 0.134 e. The largest absolute Gasteiger partial charge is 0.506 e. The zero-order chi connectivity index (χ0) is 14.0. The predicted octanol–water partition coefficient (Wildman–Crippen LogP) is 4.84. The first kappa shape index (κ1) is 13.8. The number of aryl methyl sites for hydroxylation is 2. The molecule has 2 aromatic rings. The van der Waals surface area contributed by atoms with Gasteiger partial charge in [-0.15, -0.1) is 0 Å². The van der Waals surface area contributed by atoms with Gasteiger partial charge in [0.05, 0.1) is 5.02 Å². The van der Waals surface area contributed by atoms with Gasteiger partial charge in [0.1, 0.15) is 5.75 Å². The highest BCUT2D eigenvalue weighted by molar-refractivity contribution is 6.32. The average Bonchev–Trinajstić information content (AvgIpc) is 2.32. The molecule has 0 spiro atoms. The van der Waals surface area contributed by atoms with E-state index in [2.05, 4.69) is 44.3 Å². The van der Waals surface area contributed by atoms with Crippen molar-refractivity contribution in [3.8, 4) is 5.75 Å². The molecular weight excluding hydrogens is 258 g/mol. The summed E-state index contributed by atoms with van der Waals surface area (Å²) in [6.07, 6.45) is 0. The average molecular weight is 276 g/mol. The van der Waals surface area contributed by atoms with Crippen LogP contribution in [0, 0.1) is 13.8 Å². The minimum atomic E-state index is 0.103. The molecule has 0 aromatic heterocycles. The van der Waals surface area contributed by atoms with Crippen LogP contribution in [0.4, 0.5) is 5.69 Å². The van der Waals surface area contributed by atoms with Gasteiger partial charge >= 0.3 is 0 Å². The van der Waals surface area contributed by atoms with Crippen LogP contribution in [0.5, 0.6) is 5.75 Å². The van der Waals surface area contributed by atoms with Crippen molar-refractivity contribution in [1.29, 1.82) is 0 Å². The summed E-state index contributed by atoms with van der Waals surface area (Å²) in [5.74, 6) is 0.103. The fourth-order valence-electron chi connectivity index (χ4n) is 2.19. The second-order valence-electron chi connectivity index (χ2n) is 4.95. The number of phenolic OH excluding ortho intramolecular Hbond substituents is 1. The van der Waals surface area contributed by atoms with Gasteiger partial charge in [-0.3, -0.25) is 0 Å². The minimum Gasteiger partial charge on any atom is -0.506 e. The third-order valence-corrected chi connectivity index (χ3v) is 3.38. The molecule has 2 aromatic carbocycles. The monoisotopic (exact) mass is 275 g/mol. The fraction of sp³-hybridized carbons (Fsp3) is 0.250. The normalized spacial score (nSPS) is 12.2. The molecule has 0 aliphatic heterocycles. The van der Waals surface area contributed by atoms with E-state index in [1.165, 1.54) is 16.7 Å². The quantitative estimate of drug-likeness (QED) is 0.786. The molecule has 3 heteroatoms. The van der Waals surface area contributed by atoms with Crippen LogP contribution in [-0.4, -0.2) is 5.11 Å². The summed E-state index contributed by atoms with van der Waals surface area (Å²) in [5, 5.41) is 13.2. The first-order chi connectivity index (χ1) is 8.95. The lowest BCUT2D eigenvalue weighted by Gasteiger charge is -2.17. The lowest BCUT2D eigenvalue weighted by molar-refractivity contribution is 0.475. The SMILES string of the molecule is Cc1cc(C)cc(C(C)Nc2ccc(O)c(Cl)c2)c1. The molecule has 0 bridgehead atoms. The van der Waals surface area contributed by atoms with Crippen LogP contribution in [-0.2, 0) is 0 Å². The fourth-order valence-corrected chi connectivity index (χ4v) is 2.37. The topological polar surface area (TPSA) is 32.3 Å². The van der Waals surface area contributed by atoms with E-state index in [9.17, 15) is 5.11 Å². The van der Waals surface area contributed by atoms with Crippen molar-refractivity contribution >= 4 is 17.3 Å². The first-order valence-electron chi connectivity index (χ1n) is 6.29. The van der Waals surface area contributed by atoms with Gasteiger partial charge in [0.25, 0.3) is 0 Å². The second kappa shape index (κ2) is 5.54. The number of hydrogen-bond donors (Lipinski definition) is 2. The predicted molar refractivity (Wildman–Crippen MR) is 81.1 cm³/mol. The molecule has 0 amide bonds. The number of benzene rings is 2. The van der Waals surface area contributed by atoms with Crippen LogP contribution >= 0.6 is 11.6 Å². The molecule has 0 saturated carbocycles. The molecule has 1 atom stereocenters. The second-order valence-corrected chi connectivity index (χ2v) is 5.36. The van der Waals surface area contributed by atoms with E-state index in [0.717, 1.165) is 5.69 Å². The lowest BCUT2D eigenvalue weighted by Crippen LogP contribution is -2.07. The molecule has 100 valence electrons. The third-order valence-electron chi connectivity index (χ3n) is 3.07. The zero-order valence-corrected chi connectivity index (χ0v) is 12.1. The van der Waals surface area contributed by atoms with Gasteiger partial charge < -0.3 is 10.4 Å². The summed E-state index contributed by atoms with van der Waals surface area (Å²) in [6.45, 7) is 6.30. The van der Waals surface area contributed by atoms with E-state index in [-0.39, 0.29) is 11.8 Å². The summed E-state index contributed by atoms with van der Waals surface area (Å²) in [7, 11) is 0. The molecule has 1 unspecified atom stereocenters. The van der Waals surface area contributed by atoms with Crippen molar-refractivity contribution in [3.05, 3.63) is 58.1 Å². The number of halogens is 1. The number of phenols is 1. The van der Waals surface area contributed by atoms with Crippen molar-refractivity contribution in [1.82, 2.24) is 0 Å². The molecule has 0 saturated heterocycles. The number of aromatic hydroxyl groups is 1. The Morgan fingerprint density at radius 2 is 1.68 bits per heavy atom. The molecule has 2 rings (SSSR count). The van der Waals surface area contributed by atoms with Gasteiger partial charge in [-0.25, -0.2) is 0 Å². The van der Waals surface area contributed by atoms with Gasteiger partial charge in [0, 0.05) is 11.7 Å². The lowest BCUT2D eigenvalue weighted by atomic mass is 10.0. The molecule has 0 fully saturated rings. The maximum absolute atomic E-state index is 9.41. The molecule has 0 radical (unpaired) electrons. The van der Waals surface area contributed by atoms with Crippen molar-refractivity contribution in [2.24, 2.45) is 0 Å². The Morgan fingerprint density at radius 1 is 1.05 bits per heavy atom. The van der Waals surface area contributed by atoms with Crippen molar-refractivity contribution < 1.29 is 5.11 Å². The maximum Gasteiger partial charge on any atom is 0.134 e. The standard InChI is InChI=1S/C16H18ClNO/c1-10-6-11(2)8-13(7-10)12(3)18-14-4-5-16(19)15(17)9-14/h4-9,12,18-19H,1-3H3. The highest BCUT2D eigenvalue weighted by Gasteiger charge is 2.07. The molecule has 0 heterocycles. The van der Waals surface area contributed by atoms with E-state index in [0.29, 0.717) is 5.02 Å². The van der Waals surface area contributed by atoms with E-state index in [4.69, 9.17) is 11.6 Å². The van der Waals surface area contributed by atoms with Crippen molar-refractivity contribution in [3.63, 3.8) is 0 Å². The maximum atomic E-state index is 9.41. The Morgan fingerprint density at radius 3 is 2.26 bits per heavy atom. The van der Waals surface area contributed by atoms with Crippen LogP contribution < -0.4 is 5.32 Å². The number of anilines is 1. The van der Waals surface area contributed by atoms with Crippen LogP contribution in [0.3, 0.4) is 0 Å². The molecule has 0 aliphatic carbocycles. The number of nitrogens with one attached hydrogen (secondary N) is 1. The molecule has 2 nitrogen and oxygen atoms in total. The summed E-state index contributed by atoms with van der Waals surface area (Å²) in [4.78, 5) is 0. The van der Waals surface area contributed by atoms with E-state index in [1.54, 1.807) is 12.1 Å². The first-order valence-corrected chi connectivity index (χ1v) is 6.67. The Bertz CT molecular complexity index is 575. The number of rotatable bonds is 3. The van der Waals surface area contributed by atoms with Gasteiger partial charge in [-0.1, -0.05) is 40.9 Å². The van der Waals surface area contributed by atoms with Gasteiger partial charge in [0.2, 0.25) is 0 Å². The Hall–Kier alpha value is -1.67. The Labute approximate surface area is 119 Å². The van der Waals surface area contributed by atoms with Crippen LogP contribution in [0.15, 0.2) is 36.4 Å². The summed E-state index contributed by atoms with van der Waals surface area (Å²) >= 11 is 5.90. The number of hydrogen-bond acceptors (Lipinski definition) is 2. The van der Waals surface area contributed by atoms with E-state index in [1.807, 2.05) is 6.07 Å². The van der Waals surface area contributed by atoms with E-state index >= 15 is 0 Å². The molecule has 19 heavy (non-hydrogen) atoms. The van der Waals surface area contributed by atoms with Crippen LogP contribution in [0.2, 0.25) is 5.02 Å². The molecule has 2 N–H and O–H groups in total. The van der Waals surface area contributed by atoms with Gasteiger partial charge in [-0.2, -0.15) is 0 Å². The summed E-state index contributed by atoms with van der Waals surface area (Å²) < 4.78 is 0. The molecule has 0 aliphatic rings. The van der Waals surface area contributed by atoms with Crippen LogP contribution in [0.1, 0.15) is 29.7 Å². The van der Waals surface area contributed by atoms with Crippen molar-refractivity contribution in [2.45, 2.75) is 26.8 Å². The summed E-state index contributed by atoms with van der Waals surface area (Å²) in [6, 6.07) is 11.8.